The first kappa shape index (κ1) is 24.4. The largest absolute Gasteiger partial charge is 0.496 e. The molecule has 0 bridgehead atoms. The van der Waals surface area contributed by atoms with E-state index in [0.29, 0.717) is 34.5 Å². The van der Waals surface area contributed by atoms with E-state index in [1.807, 2.05) is 62.0 Å². The van der Waals surface area contributed by atoms with Gasteiger partial charge in [0.2, 0.25) is 11.8 Å². The summed E-state index contributed by atoms with van der Waals surface area (Å²) >= 11 is 0. The number of anilines is 2. The minimum absolute atomic E-state index is 0.378. The molecule has 0 spiro atoms. The second-order valence-electron chi connectivity index (χ2n) is 8.86. The topological polar surface area (TPSA) is 109 Å². The van der Waals surface area contributed by atoms with E-state index in [0.717, 1.165) is 39.0 Å². The molecule has 0 fully saturated rings. The zero-order valence-corrected chi connectivity index (χ0v) is 21.4. The fourth-order valence-corrected chi connectivity index (χ4v) is 4.48. The van der Waals surface area contributed by atoms with E-state index in [4.69, 9.17) is 19.7 Å². The molecule has 2 heterocycles. The summed E-state index contributed by atoms with van der Waals surface area (Å²) in [5, 5.41) is 21.9. The highest BCUT2D eigenvalue weighted by Gasteiger charge is 2.18. The van der Waals surface area contributed by atoms with Crippen LogP contribution in [-0.4, -0.2) is 21.6 Å². The van der Waals surface area contributed by atoms with Gasteiger partial charge in [-0.2, -0.15) is 15.5 Å². The van der Waals surface area contributed by atoms with Gasteiger partial charge in [0.25, 0.3) is 0 Å². The van der Waals surface area contributed by atoms with E-state index in [1.165, 1.54) is 0 Å². The van der Waals surface area contributed by atoms with Gasteiger partial charge in [-0.25, -0.2) is 4.98 Å². The number of rotatable bonds is 6. The van der Waals surface area contributed by atoms with E-state index in [9.17, 15) is 5.26 Å². The number of hydrogen-bond acceptors (Lipinski definition) is 7. The normalized spacial score (nSPS) is 10.6. The Morgan fingerprint density at radius 1 is 0.921 bits per heavy atom. The molecule has 0 unspecified atom stereocenters. The Morgan fingerprint density at radius 3 is 2.32 bits per heavy atom. The molecule has 186 valence electrons. The lowest BCUT2D eigenvalue weighted by molar-refractivity contribution is 0.416. The molecule has 8 nitrogen and oxygen atoms in total. The molecule has 0 saturated carbocycles. The van der Waals surface area contributed by atoms with Gasteiger partial charge in [0.05, 0.1) is 35.9 Å². The molecular formula is C30H24N6O2. The Kier molecular flexibility index (Phi) is 6.39. The molecule has 0 amide bonds. The molecule has 3 aromatic carbocycles. The van der Waals surface area contributed by atoms with Crippen LogP contribution in [0.5, 0.6) is 17.4 Å². The van der Waals surface area contributed by atoms with E-state index < -0.39 is 0 Å². The molecule has 0 aliphatic rings. The predicted molar refractivity (Wildman–Crippen MR) is 146 cm³/mol. The molecule has 0 saturated heterocycles. The number of aryl methyl sites for hydroxylation is 3. The van der Waals surface area contributed by atoms with Crippen LogP contribution >= 0.6 is 0 Å². The second-order valence-corrected chi connectivity index (χ2v) is 8.86. The maximum atomic E-state index is 9.68. The molecular weight excluding hydrogens is 476 g/mol. The van der Waals surface area contributed by atoms with Crippen LogP contribution in [0.1, 0.15) is 22.3 Å². The Morgan fingerprint density at radius 2 is 1.66 bits per heavy atom. The van der Waals surface area contributed by atoms with Gasteiger partial charge in [-0.1, -0.05) is 6.07 Å². The van der Waals surface area contributed by atoms with Crippen LogP contribution in [0.15, 0.2) is 66.9 Å². The van der Waals surface area contributed by atoms with Gasteiger partial charge >= 0.3 is 0 Å². The summed E-state index contributed by atoms with van der Waals surface area (Å²) in [4.78, 5) is 9.33. The lowest BCUT2D eigenvalue weighted by atomic mass is 9.95. The van der Waals surface area contributed by atoms with Crippen LogP contribution in [0.3, 0.4) is 0 Å². The summed E-state index contributed by atoms with van der Waals surface area (Å²) in [6.07, 6.45) is 1.91. The van der Waals surface area contributed by atoms with Crippen molar-refractivity contribution in [1.82, 2.24) is 14.5 Å². The highest BCUT2D eigenvalue weighted by molar-refractivity contribution is 5.83. The molecule has 0 aliphatic carbocycles. The number of hydrogen-bond donors (Lipinski definition) is 1. The zero-order valence-electron chi connectivity index (χ0n) is 21.4. The van der Waals surface area contributed by atoms with Gasteiger partial charge in [0.15, 0.2) is 0 Å². The van der Waals surface area contributed by atoms with Crippen LogP contribution in [0.2, 0.25) is 0 Å². The number of nitrogens with zero attached hydrogens (tertiary/aromatic N) is 5. The minimum Gasteiger partial charge on any atom is -0.496 e. The number of aromatic nitrogens is 3. The van der Waals surface area contributed by atoms with Gasteiger partial charge in [-0.15, -0.1) is 0 Å². The number of benzene rings is 3. The van der Waals surface area contributed by atoms with Crippen LogP contribution in [0, 0.1) is 36.5 Å². The van der Waals surface area contributed by atoms with Crippen molar-refractivity contribution in [1.29, 1.82) is 10.5 Å². The zero-order chi connectivity index (χ0) is 26.8. The van der Waals surface area contributed by atoms with Crippen LogP contribution in [0.4, 0.5) is 11.6 Å². The second kappa shape index (κ2) is 9.96. The molecule has 5 rings (SSSR count). The fraction of sp³-hybridized carbons (Fsp3) is 0.133. The predicted octanol–water partition coefficient (Wildman–Crippen LogP) is 6.54. The fourth-order valence-electron chi connectivity index (χ4n) is 4.48. The Balaban J connectivity index is 1.56. The van der Waals surface area contributed by atoms with Crippen molar-refractivity contribution in [2.45, 2.75) is 13.8 Å². The summed E-state index contributed by atoms with van der Waals surface area (Å²) in [6.45, 7) is 3.93. The molecule has 0 atom stereocenters. The summed E-state index contributed by atoms with van der Waals surface area (Å²) in [5.74, 6) is 2.10. The Bertz CT molecular complexity index is 1730. The monoisotopic (exact) mass is 500 g/mol. The first-order valence-electron chi connectivity index (χ1n) is 11.9. The Labute approximate surface area is 220 Å². The van der Waals surface area contributed by atoms with Crippen LogP contribution in [-0.2, 0) is 7.05 Å². The van der Waals surface area contributed by atoms with Crippen molar-refractivity contribution >= 4 is 22.7 Å². The third kappa shape index (κ3) is 4.47. The quantitative estimate of drug-likeness (QED) is 0.282. The highest BCUT2D eigenvalue weighted by atomic mass is 16.5. The van der Waals surface area contributed by atoms with Crippen molar-refractivity contribution in [3.05, 3.63) is 89.1 Å². The first-order valence-corrected chi connectivity index (χ1v) is 11.9. The van der Waals surface area contributed by atoms with E-state index >= 15 is 0 Å². The summed E-state index contributed by atoms with van der Waals surface area (Å²) < 4.78 is 13.9. The van der Waals surface area contributed by atoms with Crippen molar-refractivity contribution in [3.63, 3.8) is 0 Å². The minimum atomic E-state index is 0.378. The smallest absolute Gasteiger partial charge is 0.249 e. The summed E-state index contributed by atoms with van der Waals surface area (Å²) in [7, 11) is 3.51. The van der Waals surface area contributed by atoms with E-state index in [1.54, 1.807) is 37.4 Å². The van der Waals surface area contributed by atoms with E-state index in [-0.39, 0.29) is 0 Å². The lowest BCUT2D eigenvalue weighted by Crippen LogP contribution is -2.03. The van der Waals surface area contributed by atoms with Crippen LogP contribution < -0.4 is 14.8 Å². The van der Waals surface area contributed by atoms with Crippen molar-refractivity contribution in [3.8, 4) is 40.6 Å². The van der Waals surface area contributed by atoms with Crippen molar-refractivity contribution in [2.24, 2.45) is 7.05 Å². The number of fused-ring (bicyclic) bond motifs is 1. The van der Waals surface area contributed by atoms with Gasteiger partial charge in [-0.3, -0.25) is 0 Å². The number of ether oxygens (including phenoxy) is 2. The molecule has 5 aromatic rings. The van der Waals surface area contributed by atoms with E-state index in [2.05, 4.69) is 22.4 Å². The molecule has 0 aliphatic heterocycles. The average Bonchev–Trinajstić information content (AvgIpc) is 3.30. The molecule has 8 heteroatoms. The van der Waals surface area contributed by atoms with Gasteiger partial charge in [0.1, 0.15) is 17.0 Å². The number of nitrogens with one attached hydrogen (secondary N) is 1. The Hall–Kier alpha value is -5.34. The number of nitriles is 2. The third-order valence-corrected chi connectivity index (χ3v) is 6.27. The van der Waals surface area contributed by atoms with Crippen molar-refractivity contribution in [2.75, 3.05) is 12.4 Å². The van der Waals surface area contributed by atoms with Crippen molar-refractivity contribution < 1.29 is 9.47 Å². The molecule has 38 heavy (non-hydrogen) atoms. The molecule has 2 aromatic heterocycles. The molecule has 0 radical (unpaired) electrons. The maximum Gasteiger partial charge on any atom is 0.249 e. The SMILES string of the molecule is COc1cccc(C#N)c1-c1cc(C)c(Oc2nc(Nc3ccc(C#N)cc3)nc3ccn(C)c23)c(C)c1. The van der Waals surface area contributed by atoms with Gasteiger partial charge < -0.3 is 19.4 Å². The van der Waals surface area contributed by atoms with Gasteiger partial charge in [-0.05, 0) is 85.1 Å². The third-order valence-electron chi connectivity index (χ3n) is 6.27. The average molecular weight is 501 g/mol. The summed E-state index contributed by atoms with van der Waals surface area (Å²) in [5.41, 5.74) is 6.75. The maximum absolute atomic E-state index is 9.68. The van der Waals surface area contributed by atoms with Gasteiger partial charge in [0, 0.05) is 24.5 Å². The lowest BCUT2D eigenvalue weighted by Gasteiger charge is -2.17. The molecule has 1 N–H and O–H groups in total. The summed E-state index contributed by atoms with van der Waals surface area (Å²) in [6, 6.07) is 22.8. The highest BCUT2D eigenvalue weighted by Crippen LogP contribution is 2.39. The first-order chi connectivity index (χ1) is 18.4. The standard InChI is InChI=1S/C30H24N6O2/c1-18-14-22(26-21(17-32)6-5-7-25(26)37-4)15-19(2)28(18)38-29-27-24(12-13-36(27)3)34-30(35-29)33-23-10-8-20(16-31)9-11-23/h5-15H,1-4H3,(H,33,34,35). The van der Waals surface area contributed by atoms with Crippen LogP contribution in [0.25, 0.3) is 22.2 Å². The number of methoxy groups -OCH3 is 1.